The molecule has 0 saturated heterocycles. The highest BCUT2D eigenvalue weighted by Crippen LogP contribution is 2.36. The number of anilines is 1. The molecule has 5 heteroatoms. The van der Waals surface area contributed by atoms with Crippen LogP contribution in [-0.2, 0) is 6.54 Å². The molecule has 1 N–H and O–H groups in total. The number of benzene rings is 2. The summed E-state index contributed by atoms with van der Waals surface area (Å²) in [5.74, 6) is 1.27. The van der Waals surface area contributed by atoms with Gasteiger partial charge in [0, 0.05) is 29.8 Å². The molecule has 0 aliphatic carbocycles. The minimum atomic E-state index is -0.376. The number of aryl methyl sites for hydroxylation is 2. The Balaban J connectivity index is 1.72. The Morgan fingerprint density at radius 2 is 1.67 bits per heavy atom. The van der Waals surface area contributed by atoms with Gasteiger partial charge in [0.05, 0.1) is 0 Å². The monoisotopic (exact) mass is 323 g/mol. The molecule has 0 bridgehead atoms. The Bertz CT molecular complexity index is 970. The number of nitrogens with one attached hydrogen (secondary N) is 1. The molecule has 4 rings (SSSR count). The van der Waals surface area contributed by atoms with E-state index in [9.17, 15) is 4.79 Å². The standard InChI is InChI=1S/C19H17NO4/c1-11-3-12(2)5-14(4-11)20-9-13-6-19(21)24-16-8-18-17(7-15(13)16)22-10-23-18/h3-8,20H,9-10H2,1-2H3. The summed E-state index contributed by atoms with van der Waals surface area (Å²) in [5, 5.41) is 4.22. The van der Waals surface area contributed by atoms with E-state index in [1.807, 2.05) is 6.07 Å². The van der Waals surface area contributed by atoms with Gasteiger partial charge >= 0.3 is 5.63 Å². The first-order valence-electron chi connectivity index (χ1n) is 7.77. The second-order valence-corrected chi connectivity index (χ2v) is 6.02. The predicted octanol–water partition coefficient (Wildman–Crippen LogP) is 3.75. The topological polar surface area (TPSA) is 60.7 Å². The zero-order valence-electron chi connectivity index (χ0n) is 13.5. The van der Waals surface area contributed by atoms with Crippen LogP contribution < -0.4 is 20.4 Å². The fourth-order valence-electron chi connectivity index (χ4n) is 3.04. The van der Waals surface area contributed by atoms with Gasteiger partial charge in [0.2, 0.25) is 6.79 Å². The summed E-state index contributed by atoms with van der Waals surface area (Å²) < 4.78 is 16.1. The van der Waals surface area contributed by atoms with E-state index in [1.54, 1.807) is 6.07 Å². The fraction of sp³-hybridized carbons (Fsp3) is 0.211. The van der Waals surface area contributed by atoms with Gasteiger partial charge in [-0.25, -0.2) is 4.79 Å². The van der Waals surface area contributed by atoms with Gasteiger partial charge in [0.1, 0.15) is 5.58 Å². The Morgan fingerprint density at radius 3 is 2.42 bits per heavy atom. The third kappa shape index (κ3) is 2.69. The molecule has 1 aliphatic rings. The molecule has 2 aromatic carbocycles. The summed E-state index contributed by atoms with van der Waals surface area (Å²) in [6.45, 7) is 4.83. The van der Waals surface area contributed by atoms with Crippen molar-refractivity contribution in [3.05, 3.63) is 63.5 Å². The molecule has 0 unspecified atom stereocenters. The maximum atomic E-state index is 11.9. The lowest BCUT2D eigenvalue weighted by molar-refractivity contribution is 0.174. The van der Waals surface area contributed by atoms with Gasteiger partial charge in [-0.3, -0.25) is 0 Å². The Hall–Kier alpha value is -2.95. The predicted molar refractivity (Wildman–Crippen MR) is 91.8 cm³/mol. The van der Waals surface area contributed by atoms with Gasteiger partial charge in [0.25, 0.3) is 0 Å². The zero-order valence-corrected chi connectivity index (χ0v) is 13.5. The van der Waals surface area contributed by atoms with Crippen LogP contribution in [0.15, 0.2) is 45.6 Å². The molecule has 0 atom stereocenters. The molecule has 5 nitrogen and oxygen atoms in total. The summed E-state index contributed by atoms with van der Waals surface area (Å²) in [7, 11) is 0. The van der Waals surface area contributed by atoms with E-state index in [4.69, 9.17) is 13.9 Å². The lowest BCUT2D eigenvalue weighted by Gasteiger charge is -2.10. The van der Waals surface area contributed by atoms with Gasteiger partial charge in [0.15, 0.2) is 11.5 Å². The van der Waals surface area contributed by atoms with Crippen molar-refractivity contribution >= 4 is 16.7 Å². The van der Waals surface area contributed by atoms with Gasteiger partial charge < -0.3 is 19.2 Å². The lowest BCUT2D eigenvalue weighted by atomic mass is 10.1. The van der Waals surface area contributed by atoms with E-state index in [0.717, 1.165) is 16.6 Å². The molecule has 0 fully saturated rings. The number of rotatable bonds is 3. The average Bonchev–Trinajstić information content (AvgIpc) is 2.97. The minimum Gasteiger partial charge on any atom is -0.454 e. The molecular weight excluding hydrogens is 306 g/mol. The van der Waals surface area contributed by atoms with Crippen LogP contribution in [0.2, 0.25) is 0 Å². The largest absolute Gasteiger partial charge is 0.454 e. The van der Waals surface area contributed by atoms with Crippen molar-refractivity contribution in [1.29, 1.82) is 0 Å². The van der Waals surface area contributed by atoms with Gasteiger partial charge in [-0.1, -0.05) is 6.07 Å². The molecule has 122 valence electrons. The van der Waals surface area contributed by atoms with Crippen LogP contribution in [0.3, 0.4) is 0 Å². The smallest absolute Gasteiger partial charge is 0.336 e. The number of hydrogen-bond acceptors (Lipinski definition) is 5. The fourth-order valence-corrected chi connectivity index (χ4v) is 3.04. The number of hydrogen-bond donors (Lipinski definition) is 1. The second kappa shape index (κ2) is 5.60. The first-order valence-corrected chi connectivity index (χ1v) is 7.77. The van der Waals surface area contributed by atoms with Crippen LogP contribution in [-0.4, -0.2) is 6.79 Å². The number of ether oxygens (including phenoxy) is 2. The number of fused-ring (bicyclic) bond motifs is 2. The molecule has 0 saturated carbocycles. The summed E-state index contributed by atoms with van der Waals surface area (Å²) in [5.41, 5.74) is 4.40. The second-order valence-electron chi connectivity index (χ2n) is 6.02. The van der Waals surface area contributed by atoms with Crippen molar-refractivity contribution in [3.8, 4) is 11.5 Å². The van der Waals surface area contributed by atoms with E-state index < -0.39 is 0 Å². The molecule has 0 spiro atoms. The molecule has 0 radical (unpaired) electrons. The minimum absolute atomic E-state index is 0.187. The summed E-state index contributed by atoms with van der Waals surface area (Å²) in [6.07, 6.45) is 0. The summed E-state index contributed by atoms with van der Waals surface area (Å²) >= 11 is 0. The lowest BCUT2D eigenvalue weighted by Crippen LogP contribution is -2.06. The van der Waals surface area contributed by atoms with Gasteiger partial charge in [-0.2, -0.15) is 0 Å². The van der Waals surface area contributed by atoms with E-state index in [2.05, 4.69) is 37.4 Å². The maximum Gasteiger partial charge on any atom is 0.336 e. The molecule has 1 aromatic heterocycles. The van der Waals surface area contributed by atoms with Crippen LogP contribution >= 0.6 is 0 Å². The molecule has 1 aliphatic heterocycles. The van der Waals surface area contributed by atoms with Crippen LogP contribution in [0, 0.1) is 13.8 Å². The molecular formula is C19H17NO4. The van der Waals surface area contributed by atoms with Crippen molar-refractivity contribution in [2.45, 2.75) is 20.4 Å². The van der Waals surface area contributed by atoms with Crippen LogP contribution in [0.1, 0.15) is 16.7 Å². The van der Waals surface area contributed by atoms with Crippen molar-refractivity contribution in [3.63, 3.8) is 0 Å². The Morgan fingerprint density at radius 1 is 0.958 bits per heavy atom. The Labute approximate surface area is 138 Å². The third-order valence-electron chi connectivity index (χ3n) is 4.03. The SMILES string of the molecule is Cc1cc(C)cc(NCc2cc(=O)oc3cc4c(cc23)OCO4)c1. The highest BCUT2D eigenvalue weighted by atomic mass is 16.7. The van der Waals surface area contributed by atoms with E-state index in [1.165, 1.54) is 17.2 Å². The van der Waals surface area contributed by atoms with E-state index in [-0.39, 0.29) is 12.4 Å². The summed E-state index contributed by atoms with van der Waals surface area (Å²) in [6, 6.07) is 11.4. The van der Waals surface area contributed by atoms with E-state index >= 15 is 0 Å². The Kier molecular flexibility index (Phi) is 3.41. The maximum absolute atomic E-state index is 11.9. The van der Waals surface area contributed by atoms with Gasteiger partial charge in [-0.15, -0.1) is 0 Å². The highest BCUT2D eigenvalue weighted by Gasteiger charge is 2.17. The molecule has 24 heavy (non-hydrogen) atoms. The quantitative estimate of drug-likeness (QED) is 0.744. The van der Waals surface area contributed by atoms with Crippen molar-refractivity contribution in [2.24, 2.45) is 0 Å². The van der Waals surface area contributed by atoms with Crippen molar-refractivity contribution in [2.75, 3.05) is 12.1 Å². The van der Waals surface area contributed by atoms with E-state index in [0.29, 0.717) is 23.6 Å². The van der Waals surface area contributed by atoms with Crippen LogP contribution in [0.4, 0.5) is 5.69 Å². The molecule has 2 heterocycles. The van der Waals surface area contributed by atoms with Crippen LogP contribution in [0.5, 0.6) is 11.5 Å². The van der Waals surface area contributed by atoms with Crippen LogP contribution in [0.25, 0.3) is 11.0 Å². The first kappa shape index (κ1) is 14.6. The first-order chi connectivity index (χ1) is 11.6. The van der Waals surface area contributed by atoms with Crippen molar-refractivity contribution in [1.82, 2.24) is 0 Å². The highest BCUT2D eigenvalue weighted by molar-refractivity contribution is 5.84. The van der Waals surface area contributed by atoms with Crippen molar-refractivity contribution < 1.29 is 13.9 Å². The molecule has 3 aromatic rings. The average molecular weight is 323 g/mol. The normalized spacial score (nSPS) is 12.6. The zero-order chi connectivity index (χ0) is 16.7. The van der Waals surface area contributed by atoms with Gasteiger partial charge in [-0.05, 0) is 48.7 Å². The summed E-state index contributed by atoms with van der Waals surface area (Å²) in [4.78, 5) is 11.9. The third-order valence-corrected chi connectivity index (χ3v) is 4.03. The molecule has 0 amide bonds.